The first-order chi connectivity index (χ1) is 7.24. The lowest BCUT2D eigenvalue weighted by atomic mass is 10.0. The maximum atomic E-state index is 10.3. The molecule has 2 atom stereocenters. The molecule has 1 aliphatic heterocycles. The van der Waals surface area contributed by atoms with Gasteiger partial charge in [0.05, 0.1) is 5.60 Å². The molecule has 1 aromatic carbocycles. The summed E-state index contributed by atoms with van der Waals surface area (Å²) in [7, 11) is 0. The molecular formula is C12H14O3. The Hall–Kier alpha value is -1.22. The van der Waals surface area contributed by atoms with Gasteiger partial charge in [-0.15, -0.1) is 0 Å². The maximum Gasteiger partial charge on any atom is 0.231 e. The van der Waals surface area contributed by atoms with Gasteiger partial charge in [0, 0.05) is 0 Å². The van der Waals surface area contributed by atoms with Crippen molar-refractivity contribution in [2.24, 2.45) is 5.92 Å². The van der Waals surface area contributed by atoms with Crippen LogP contribution in [-0.4, -0.2) is 11.9 Å². The van der Waals surface area contributed by atoms with E-state index in [1.807, 2.05) is 18.2 Å². The molecule has 1 fully saturated rings. The summed E-state index contributed by atoms with van der Waals surface area (Å²) in [4.78, 5) is 0. The van der Waals surface area contributed by atoms with Gasteiger partial charge in [-0.05, 0) is 30.0 Å². The fourth-order valence-corrected chi connectivity index (χ4v) is 2.32. The Bertz CT molecular complexity index is 402. The molecular weight excluding hydrogens is 192 g/mol. The van der Waals surface area contributed by atoms with Crippen molar-refractivity contribution in [2.75, 3.05) is 6.79 Å². The molecule has 1 aromatic rings. The molecule has 0 amide bonds. The highest BCUT2D eigenvalue weighted by atomic mass is 16.7. The standard InChI is InChI=1S/C12H14O3/c1-2-8-6-12(8,13)9-3-4-10-11(5-9)15-7-14-10/h3-5,8,13H,2,6-7H2,1H3. The van der Waals surface area contributed by atoms with E-state index in [0.29, 0.717) is 5.92 Å². The minimum absolute atomic E-state index is 0.286. The van der Waals surface area contributed by atoms with Crippen LogP contribution in [0.4, 0.5) is 0 Å². The SMILES string of the molecule is CCC1CC1(O)c1ccc2c(c1)OCO2. The van der Waals surface area contributed by atoms with E-state index in [2.05, 4.69) is 6.92 Å². The van der Waals surface area contributed by atoms with E-state index in [4.69, 9.17) is 9.47 Å². The van der Waals surface area contributed by atoms with Crippen LogP contribution in [0, 0.1) is 5.92 Å². The van der Waals surface area contributed by atoms with Gasteiger partial charge in [-0.3, -0.25) is 0 Å². The number of rotatable bonds is 2. The van der Waals surface area contributed by atoms with E-state index in [9.17, 15) is 5.11 Å². The summed E-state index contributed by atoms with van der Waals surface area (Å²) in [6, 6.07) is 5.71. The van der Waals surface area contributed by atoms with E-state index < -0.39 is 5.60 Å². The third-order valence-electron chi connectivity index (χ3n) is 3.44. The van der Waals surface area contributed by atoms with Crippen LogP contribution in [0.5, 0.6) is 11.5 Å². The van der Waals surface area contributed by atoms with Gasteiger partial charge in [0.2, 0.25) is 6.79 Å². The summed E-state index contributed by atoms with van der Waals surface area (Å²) in [6.45, 7) is 2.39. The molecule has 1 N–H and O–H groups in total. The van der Waals surface area contributed by atoms with Gasteiger partial charge in [-0.1, -0.05) is 19.4 Å². The van der Waals surface area contributed by atoms with Crippen molar-refractivity contribution in [3.8, 4) is 11.5 Å². The van der Waals surface area contributed by atoms with Crippen LogP contribution < -0.4 is 9.47 Å². The average molecular weight is 206 g/mol. The molecule has 3 rings (SSSR count). The zero-order chi connectivity index (χ0) is 10.5. The Balaban J connectivity index is 1.94. The molecule has 2 aliphatic rings. The fraction of sp³-hybridized carbons (Fsp3) is 0.500. The largest absolute Gasteiger partial charge is 0.454 e. The topological polar surface area (TPSA) is 38.7 Å². The molecule has 80 valence electrons. The lowest BCUT2D eigenvalue weighted by Gasteiger charge is -2.10. The van der Waals surface area contributed by atoms with Crippen LogP contribution in [0.25, 0.3) is 0 Å². The van der Waals surface area contributed by atoms with Crippen LogP contribution >= 0.6 is 0 Å². The molecule has 0 radical (unpaired) electrons. The van der Waals surface area contributed by atoms with Crippen LogP contribution in [0.2, 0.25) is 0 Å². The molecule has 0 bridgehead atoms. The third kappa shape index (κ3) is 1.23. The minimum Gasteiger partial charge on any atom is -0.454 e. The van der Waals surface area contributed by atoms with Gasteiger partial charge in [0.1, 0.15) is 0 Å². The first-order valence-electron chi connectivity index (χ1n) is 5.36. The molecule has 15 heavy (non-hydrogen) atoms. The third-order valence-corrected chi connectivity index (χ3v) is 3.44. The van der Waals surface area contributed by atoms with E-state index in [-0.39, 0.29) is 6.79 Å². The summed E-state index contributed by atoms with van der Waals surface area (Å²) in [5.41, 5.74) is 0.342. The second kappa shape index (κ2) is 2.89. The second-order valence-corrected chi connectivity index (χ2v) is 4.30. The molecule has 2 unspecified atom stereocenters. The molecule has 3 heteroatoms. The van der Waals surface area contributed by atoms with Gasteiger partial charge >= 0.3 is 0 Å². The fourth-order valence-electron chi connectivity index (χ4n) is 2.32. The quantitative estimate of drug-likeness (QED) is 0.804. The molecule has 1 saturated carbocycles. The lowest BCUT2D eigenvalue weighted by Crippen LogP contribution is -2.08. The first kappa shape index (κ1) is 9.04. The Labute approximate surface area is 88.6 Å². The second-order valence-electron chi connectivity index (χ2n) is 4.30. The Kier molecular flexibility index (Phi) is 1.74. The van der Waals surface area contributed by atoms with Crippen LogP contribution in [-0.2, 0) is 5.60 Å². The highest BCUT2D eigenvalue weighted by molar-refractivity contribution is 5.47. The molecule has 0 saturated heterocycles. The Morgan fingerprint density at radius 1 is 1.40 bits per heavy atom. The molecule has 0 aromatic heterocycles. The molecule has 1 heterocycles. The van der Waals surface area contributed by atoms with Crippen molar-refractivity contribution >= 4 is 0 Å². The van der Waals surface area contributed by atoms with Gasteiger partial charge in [0.25, 0.3) is 0 Å². The van der Waals surface area contributed by atoms with Crippen LogP contribution in [0.3, 0.4) is 0 Å². The van der Waals surface area contributed by atoms with E-state index in [0.717, 1.165) is 29.9 Å². The normalized spacial score (nSPS) is 31.7. The van der Waals surface area contributed by atoms with Gasteiger partial charge in [-0.2, -0.15) is 0 Å². The van der Waals surface area contributed by atoms with Crippen LogP contribution in [0.15, 0.2) is 18.2 Å². The predicted octanol–water partition coefficient (Wildman–Crippen LogP) is 2.03. The van der Waals surface area contributed by atoms with Crippen molar-refractivity contribution in [3.05, 3.63) is 23.8 Å². The van der Waals surface area contributed by atoms with Crippen molar-refractivity contribution in [3.63, 3.8) is 0 Å². The number of benzene rings is 1. The Morgan fingerprint density at radius 2 is 2.20 bits per heavy atom. The van der Waals surface area contributed by atoms with Crippen molar-refractivity contribution < 1.29 is 14.6 Å². The number of ether oxygens (including phenoxy) is 2. The minimum atomic E-state index is -0.615. The monoisotopic (exact) mass is 206 g/mol. The summed E-state index contributed by atoms with van der Waals surface area (Å²) in [6.07, 6.45) is 1.88. The lowest BCUT2D eigenvalue weighted by molar-refractivity contribution is 0.130. The number of fused-ring (bicyclic) bond motifs is 1. The molecule has 0 spiro atoms. The van der Waals surface area contributed by atoms with E-state index in [1.165, 1.54) is 0 Å². The number of hydrogen-bond donors (Lipinski definition) is 1. The summed E-state index contributed by atoms with van der Waals surface area (Å²) < 4.78 is 10.5. The van der Waals surface area contributed by atoms with Crippen LogP contribution in [0.1, 0.15) is 25.3 Å². The first-order valence-corrected chi connectivity index (χ1v) is 5.36. The zero-order valence-electron chi connectivity index (χ0n) is 8.69. The van der Waals surface area contributed by atoms with Gasteiger partial charge in [-0.25, -0.2) is 0 Å². The highest BCUT2D eigenvalue weighted by Gasteiger charge is 2.53. The molecule has 1 aliphatic carbocycles. The van der Waals surface area contributed by atoms with Crippen molar-refractivity contribution in [1.29, 1.82) is 0 Å². The summed E-state index contributed by atoms with van der Waals surface area (Å²) in [5.74, 6) is 1.93. The van der Waals surface area contributed by atoms with Gasteiger partial charge in [0.15, 0.2) is 11.5 Å². The van der Waals surface area contributed by atoms with E-state index >= 15 is 0 Å². The van der Waals surface area contributed by atoms with Crippen molar-refractivity contribution in [1.82, 2.24) is 0 Å². The highest BCUT2D eigenvalue weighted by Crippen LogP contribution is 2.54. The number of aliphatic hydroxyl groups is 1. The molecule has 3 nitrogen and oxygen atoms in total. The van der Waals surface area contributed by atoms with E-state index in [1.54, 1.807) is 0 Å². The maximum absolute atomic E-state index is 10.3. The summed E-state index contributed by atoms with van der Waals surface area (Å²) in [5, 5.41) is 10.3. The summed E-state index contributed by atoms with van der Waals surface area (Å²) >= 11 is 0. The Morgan fingerprint density at radius 3 is 2.93 bits per heavy atom. The predicted molar refractivity (Wildman–Crippen MR) is 54.9 cm³/mol. The number of hydrogen-bond acceptors (Lipinski definition) is 3. The van der Waals surface area contributed by atoms with Crippen molar-refractivity contribution in [2.45, 2.75) is 25.4 Å². The average Bonchev–Trinajstić information content (AvgIpc) is 2.74. The van der Waals surface area contributed by atoms with Gasteiger partial charge < -0.3 is 14.6 Å². The smallest absolute Gasteiger partial charge is 0.231 e. The zero-order valence-corrected chi connectivity index (χ0v) is 8.69.